The third-order valence-corrected chi connectivity index (χ3v) is 7.92. The first-order valence-corrected chi connectivity index (χ1v) is 12.0. The Kier molecular flexibility index (Phi) is 6.81. The number of thiophene rings is 1. The second kappa shape index (κ2) is 8.90. The predicted octanol–water partition coefficient (Wildman–Crippen LogP) is 2.68. The number of hydrogen-bond acceptors (Lipinski definition) is 7. The molecule has 1 fully saturated rings. The summed E-state index contributed by atoms with van der Waals surface area (Å²) in [6.45, 7) is 8.58. The van der Waals surface area contributed by atoms with E-state index in [1.54, 1.807) is 17.4 Å². The Bertz CT molecular complexity index is 808. The maximum Gasteiger partial charge on any atom is 0.250 e. The van der Waals surface area contributed by atoms with Crippen LogP contribution in [0.1, 0.15) is 19.5 Å². The molecule has 1 saturated heterocycles. The molecular weight excluding hydrogens is 390 g/mol. The molecule has 2 aromatic heterocycles. The smallest absolute Gasteiger partial charge is 0.250 e. The van der Waals surface area contributed by atoms with E-state index < -0.39 is 10.0 Å². The van der Waals surface area contributed by atoms with Gasteiger partial charge in [0.2, 0.25) is 10.0 Å². The van der Waals surface area contributed by atoms with E-state index in [1.807, 2.05) is 5.38 Å². The second-order valence-corrected chi connectivity index (χ2v) is 10.5. The van der Waals surface area contributed by atoms with E-state index in [9.17, 15) is 8.42 Å². The lowest BCUT2D eigenvalue weighted by Crippen LogP contribution is -2.41. The van der Waals surface area contributed by atoms with E-state index in [1.165, 1.54) is 11.3 Å². The van der Waals surface area contributed by atoms with Crippen LogP contribution < -0.4 is 4.72 Å². The first-order valence-electron chi connectivity index (χ1n) is 8.77. The van der Waals surface area contributed by atoms with Crippen molar-refractivity contribution < 1.29 is 13.2 Å². The van der Waals surface area contributed by atoms with Crippen LogP contribution in [0.2, 0.25) is 0 Å². The summed E-state index contributed by atoms with van der Waals surface area (Å²) in [7, 11) is -3.47. The Labute approximate surface area is 163 Å². The van der Waals surface area contributed by atoms with Crippen molar-refractivity contribution in [2.24, 2.45) is 5.92 Å². The van der Waals surface area contributed by atoms with Crippen molar-refractivity contribution in [1.82, 2.24) is 14.6 Å². The summed E-state index contributed by atoms with van der Waals surface area (Å²) in [6, 6.07) is 1.72. The van der Waals surface area contributed by atoms with Crippen LogP contribution >= 0.6 is 22.7 Å². The van der Waals surface area contributed by atoms with Gasteiger partial charge in [0.1, 0.15) is 9.22 Å². The van der Waals surface area contributed by atoms with Crippen LogP contribution in [0, 0.1) is 5.92 Å². The summed E-state index contributed by atoms with van der Waals surface area (Å²) < 4.78 is 33.4. The van der Waals surface area contributed by atoms with Crippen LogP contribution in [0.4, 0.5) is 0 Å². The van der Waals surface area contributed by atoms with E-state index in [4.69, 9.17) is 4.74 Å². The molecule has 0 aromatic carbocycles. The average Bonchev–Trinajstić information content (AvgIpc) is 3.24. The first-order chi connectivity index (χ1) is 12.4. The van der Waals surface area contributed by atoms with Gasteiger partial charge >= 0.3 is 0 Å². The third kappa shape index (κ3) is 5.34. The Balaban J connectivity index is 1.59. The number of morpholine rings is 1. The van der Waals surface area contributed by atoms with Crippen molar-refractivity contribution in [3.05, 3.63) is 22.5 Å². The highest BCUT2D eigenvalue weighted by Gasteiger charge is 2.19. The molecule has 0 unspecified atom stereocenters. The third-order valence-electron chi connectivity index (χ3n) is 4.08. The molecule has 26 heavy (non-hydrogen) atoms. The molecular formula is C17H25N3O3S3. The molecule has 6 nitrogen and oxygen atoms in total. The van der Waals surface area contributed by atoms with Crippen LogP contribution in [0.25, 0.3) is 10.6 Å². The van der Waals surface area contributed by atoms with E-state index in [-0.39, 0.29) is 0 Å². The van der Waals surface area contributed by atoms with E-state index in [2.05, 4.69) is 33.8 Å². The lowest BCUT2D eigenvalue weighted by Gasteiger charge is -2.26. The Morgan fingerprint density at radius 3 is 2.77 bits per heavy atom. The van der Waals surface area contributed by atoms with Crippen molar-refractivity contribution in [3.63, 3.8) is 0 Å². The van der Waals surface area contributed by atoms with Gasteiger partial charge in [-0.25, -0.2) is 18.1 Å². The lowest BCUT2D eigenvalue weighted by molar-refractivity contribution is 0.0390. The largest absolute Gasteiger partial charge is 0.379 e. The molecule has 0 amide bonds. The zero-order chi connectivity index (χ0) is 18.6. The van der Waals surface area contributed by atoms with Crippen LogP contribution in [-0.2, 0) is 21.2 Å². The summed E-state index contributed by atoms with van der Waals surface area (Å²) >= 11 is 2.81. The van der Waals surface area contributed by atoms with Crippen molar-refractivity contribution in [1.29, 1.82) is 0 Å². The normalized spacial score (nSPS) is 16.4. The van der Waals surface area contributed by atoms with Crippen LogP contribution in [-0.4, -0.2) is 57.7 Å². The minimum atomic E-state index is -3.47. The van der Waals surface area contributed by atoms with E-state index >= 15 is 0 Å². The maximum absolute atomic E-state index is 12.5. The number of rotatable bonds is 8. The maximum atomic E-state index is 12.5. The first kappa shape index (κ1) is 19.9. The Morgan fingerprint density at radius 2 is 2.04 bits per heavy atom. The summed E-state index contributed by atoms with van der Waals surface area (Å²) in [6.07, 6.45) is 0.939. The highest BCUT2D eigenvalue weighted by Crippen LogP contribution is 2.31. The number of nitrogens with zero attached hydrogens (tertiary/aromatic N) is 2. The van der Waals surface area contributed by atoms with Crippen LogP contribution in [0.3, 0.4) is 0 Å². The number of hydrogen-bond donors (Lipinski definition) is 1. The molecule has 0 atom stereocenters. The number of nitrogens with one attached hydrogen (secondary N) is 1. The topological polar surface area (TPSA) is 71.5 Å². The molecule has 2 aromatic rings. The Hall–Kier alpha value is -0.840. The molecule has 144 valence electrons. The van der Waals surface area contributed by atoms with Gasteiger partial charge in [-0.3, -0.25) is 4.90 Å². The standard InChI is InChI=1S/C17H25N3O3S3/c1-13(2)9-15-12-25-17(19-15)14-10-16(24-11-14)26(21,22)18-3-4-20-5-7-23-8-6-20/h10-13,18H,3-9H2,1-2H3. The minimum Gasteiger partial charge on any atom is -0.379 e. The van der Waals surface area contributed by atoms with Gasteiger partial charge in [-0.1, -0.05) is 13.8 Å². The highest BCUT2D eigenvalue weighted by atomic mass is 32.2. The van der Waals surface area contributed by atoms with Crippen LogP contribution in [0.15, 0.2) is 21.0 Å². The molecule has 1 aliphatic heterocycles. The molecule has 0 bridgehead atoms. The van der Waals surface area contributed by atoms with Crippen LogP contribution in [0.5, 0.6) is 0 Å². The van der Waals surface area contributed by atoms with Crippen molar-refractivity contribution in [2.45, 2.75) is 24.5 Å². The van der Waals surface area contributed by atoms with Gasteiger partial charge in [0, 0.05) is 42.5 Å². The molecule has 3 rings (SSSR count). The number of aromatic nitrogens is 1. The molecule has 3 heterocycles. The second-order valence-electron chi connectivity index (χ2n) is 6.75. The minimum absolute atomic E-state index is 0.343. The van der Waals surface area contributed by atoms with Gasteiger partial charge in [0.05, 0.1) is 18.9 Å². The van der Waals surface area contributed by atoms with Gasteiger partial charge in [0.15, 0.2) is 0 Å². The summed E-state index contributed by atoms with van der Waals surface area (Å²) in [5, 5.41) is 4.81. The summed E-state index contributed by atoms with van der Waals surface area (Å²) in [5.74, 6) is 0.555. The number of sulfonamides is 1. The van der Waals surface area contributed by atoms with Crippen molar-refractivity contribution in [2.75, 3.05) is 39.4 Å². The number of thiazole rings is 1. The molecule has 0 radical (unpaired) electrons. The lowest BCUT2D eigenvalue weighted by atomic mass is 10.1. The zero-order valence-corrected chi connectivity index (χ0v) is 17.6. The van der Waals surface area contributed by atoms with Crippen molar-refractivity contribution in [3.8, 4) is 10.6 Å². The molecule has 9 heteroatoms. The fourth-order valence-corrected chi connectivity index (χ4v) is 5.88. The van der Waals surface area contributed by atoms with Crippen molar-refractivity contribution >= 4 is 32.7 Å². The Morgan fingerprint density at radius 1 is 1.27 bits per heavy atom. The predicted molar refractivity (Wildman–Crippen MR) is 106 cm³/mol. The number of ether oxygens (including phenoxy) is 1. The molecule has 1 aliphatic rings. The summed E-state index contributed by atoms with van der Waals surface area (Å²) in [4.78, 5) is 6.84. The van der Waals surface area contributed by atoms with Gasteiger partial charge in [-0.15, -0.1) is 22.7 Å². The van der Waals surface area contributed by atoms with Gasteiger partial charge in [0.25, 0.3) is 0 Å². The zero-order valence-electron chi connectivity index (χ0n) is 15.1. The fraction of sp³-hybridized carbons (Fsp3) is 0.588. The molecule has 1 N–H and O–H groups in total. The highest BCUT2D eigenvalue weighted by molar-refractivity contribution is 7.91. The SMILES string of the molecule is CC(C)Cc1csc(-c2csc(S(=O)(=O)NCCN3CCOCC3)c2)n1. The van der Waals surface area contributed by atoms with Gasteiger partial charge in [-0.05, 0) is 18.4 Å². The van der Waals surface area contributed by atoms with Gasteiger partial charge in [-0.2, -0.15) is 0 Å². The van der Waals surface area contributed by atoms with E-state index in [0.717, 1.165) is 35.8 Å². The average molecular weight is 416 g/mol. The van der Waals surface area contributed by atoms with E-state index in [0.29, 0.717) is 36.4 Å². The molecule has 0 saturated carbocycles. The fourth-order valence-electron chi connectivity index (χ4n) is 2.76. The van der Waals surface area contributed by atoms with Gasteiger partial charge < -0.3 is 4.74 Å². The monoisotopic (exact) mass is 415 g/mol. The quantitative estimate of drug-likeness (QED) is 0.718. The molecule has 0 spiro atoms. The summed E-state index contributed by atoms with van der Waals surface area (Å²) in [5.41, 5.74) is 1.95. The molecule has 0 aliphatic carbocycles.